The number of hydrogen-bond acceptors (Lipinski definition) is 3. The second-order valence-electron chi connectivity index (χ2n) is 8.60. The Balaban J connectivity index is 1.75. The van der Waals surface area contributed by atoms with Gasteiger partial charge in [-0.15, -0.1) is 0 Å². The van der Waals surface area contributed by atoms with Crippen LogP contribution in [0.15, 0.2) is 0 Å². The van der Waals surface area contributed by atoms with Crippen molar-refractivity contribution in [2.45, 2.75) is 91.8 Å². The summed E-state index contributed by atoms with van der Waals surface area (Å²) in [7, 11) is 0. The van der Waals surface area contributed by atoms with Crippen molar-refractivity contribution in [1.29, 1.82) is 0 Å². The summed E-state index contributed by atoms with van der Waals surface area (Å²) in [5.41, 5.74) is -0.0337. The van der Waals surface area contributed by atoms with E-state index in [1.165, 1.54) is 32.1 Å². The predicted octanol–water partition coefficient (Wildman–Crippen LogP) is 4.73. The number of carbonyl (C=O) groups excluding carboxylic acids is 1. The predicted molar refractivity (Wildman–Crippen MR) is 88.7 cm³/mol. The highest BCUT2D eigenvalue weighted by Gasteiger charge is 2.36. The molecule has 3 nitrogen and oxygen atoms in total. The molecule has 2 unspecified atom stereocenters. The molecule has 0 N–H and O–H groups in total. The van der Waals surface area contributed by atoms with Gasteiger partial charge >= 0.3 is 5.97 Å². The van der Waals surface area contributed by atoms with Crippen LogP contribution < -0.4 is 0 Å². The molecular weight excluding hydrogens is 276 g/mol. The topological polar surface area (TPSA) is 38.8 Å². The lowest BCUT2D eigenvalue weighted by Crippen LogP contribution is -2.33. The number of epoxide rings is 1. The first-order chi connectivity index (χ1) is 10.2. The van der Waals surface area contributed by atoms with E-state index in [1.54, 1.807) is 0 Å². The first-order valence-corrected chi connectivity index (χ1v) is 9.07. The molecule has 2 fully saturated rings. The van der Waals surface area contributed by atoms with Crippen LogP contribution in [0, 0.1) is 16.7 Å². The Kier molecular flexibility index (Phi) is 5.58. The first kappa shape index (κ1) is 17.8. The van der Waals surface area contributed by atoms with Gasteiger partial charge in [-0.1, -0.05) is 13.8 Å². The number of esters is 1. The summed E-state index contributed by atoms with van der Waals surface area (Å²) in [6, 6.07) is 0. The lowest BCUT2D eigenvalue weighted by atomic mass is 9.68. The number of ether oxygens (including phenoxy) is 2. The van der Waals surface area contributed by atoms with E-state index in [9.17, 15) is 4.79 Å². The van der Waals surface area contributed by atoms with Gasteiger partial charge < -0.3 is 9.47 Å². The van der Waals surface area contributed by atoms with E-state index in [1.807, 2.05) is 20.8 Å². The van der Waals surface area contributed by atoms with E-state index >= 15 is 0 Å². The molecular formula is C19H34O3. The standard InChI is InChI=1S/C19H34O3/c1-6-18(3,4)17(20)22-14(2)12-19(5)9-7-15(8-10-19)11-16-13-21-16/h14-16H,6-13H2,1-5H3. The summed E-state index contributed by atoms with van der Waals surface area (Å²) in [5, 5.41) is 0. The Labute approximate surface area is 136 Å². The number of carbonyl (C=O) groups is 1. The Morgan fingerprint density at radius 3 is 2.45 bits per heavy atom. The van der Waals surface area contributed by atoms with E-state index in [0.29, 0.717) is 11.5 Å². The van der Waals surface area contributed by atoms with Gasteiger partial charge in [0.2, 0.25) is 0 Å². The van der Waals surface area contributed by atoms with Crippen molar-refractivity contribution in [3.05, 3.63) is 0 Å². The highest BCUT2D eigenvalue weighted by molar-refractivity contribution is 5.75. The molecule has 1 heterocycles. The molecule has 0 aromatic carbocycles. The van der Waals surface area contributed by atoms with Crippen LogP contribution in [0.3, 0.4) is 0 Å². The average Bonchev–Trinajstić information content (AvgIpc) is 3.25. The van der Waals surface area contributed by atoms with E-state index in [0.717, 1.165) is 25.4 Å². The molecule has 3 heteroatoms. The molecule has 22 heavy (non-hydrogen) atoms. The Hall–Kier alpha value is -0.570. The molecule has 1 aliphatic heterocycles. The van der Waals surface area contributed by atoms with Gasteiger partial charge in [0, 0.05) is 0 Å². The summed E-state index contributed by atoms with van der Waals surface area (Å²) in [5.74, 6) is 0.795. The van der Waals surface area contributed by atoms with E-state index in [-0.39, 0.29) is 17.5 Å². The Bertz CT molecular complexity index is 376. The maximum Gasteiger partial charge on any atom is 0.311 e. The molecule has 2 rings (SSSR count). The monoisotopic (exact) mass is 310 g/mol. The molecule has 0 bridgehead atoms. The molecule has 2 atom stereocenters. The van der Waals surface area contributed by atoms with Crippen LogP contribution in [0.2, 0.25) is 0 Å². The molecule has 0 aromatic heterocycles. The van der Waals surface area contributed by atoms with Crippen molar-refractivity contribution in [3.63, 3.8) is 0 Å². The van der Waals surface area contributed by atoms with Crippen molar-refractivity contribution in [2.24, 2.45) is 16.7 Å². The Morgan fingerprint density at radius 2 is 1.95 bits per heavy atom. The molecule has 1 saturated heterocycles. The summed E-state index contributed by atoms with van der Waals surface area (Å²) in [6.45, 7) is 11.4. The van der Waals surface area contributed by atoms with Crippen molar-refractivity contribution >= 4 is 5.97 Å². The van der Waals surface area contributed by atoms with Gasteiger partial charge in [-0.2, -0.15) is 0 Å². The zero-order chi connectivity index (χ0) is 16.4. The fourth-order valence-electron chi connectivity index (χ4n) is 3.61. The number of rotatable bonds is 7. The van der Waals surface area contributed by atoms with Crippen LogP contribution in [0.1, 0.15) is 79.6 Å². The highest BCUT2D eigenvalue weighted by atomic mass is 16.6. The zero-order valence-electron chi connectivity index (χ0n) is 15.1. The van der Waals surface area contributed by atoms with E-state index < -0.39 is 0 Å². The largest absolute Gasteiger partial charge is 0.462 e. The van der Waals surface area contributed by atoms with Crippen molar-refractivity contribution in [2.75, 3.05) is 6.61 Å². The SMILES string of the molecule is CCC(C)(C)C(=O)OC(C)CC1(C)CCC(CC2CO2)CC1. The Morgan fingerprint density at radius 1 is 1.36 bits per heavy atom. The molecule has 0 aromatic rings. The molecule has 2 aliphatic rings. The lowest BCUT2D eigenvalue weighted by Gasteiger charge is -2.39. The van der Waals surface area contributed by atoms with Gasteiger partial charge in [-0.05, 0) is 77.0 Å². The van der Waals surface area contributed by atoms with Gasteiger partial charge in [0.05, 0.1) is 24.2 Å². The summed E-state index contributed by atoms with van der Waals surface area (Å²) >= 11 is 0. The smallest absolute Gasteiger partial charge is 0.311 e. The van der Waals surface area contributed by atoms with Gasteiger partial charge in [0.15, 0.2) is 0 Å². The fourth-order valence-corrected chi connectivity index (χ4v) is 3.61. The molecule has 0 spiro atoms. The summed E-state index contributed by atoms with van der Waals surface area (Å²) in [6.07, 6.45) is 8.76. The molecule has 1 aliphatic carbocycles. The second kappa shape index (κ2) is 6.90. The number of hydrogen-bond donors (Lipinski definition) is 0. The third-order valence-corrected chi connectivity index (χ3v) is 5.84. The van der Waals surface area contributed by atoms with E-state index in [4.69, 9.17) is 9.47 Å². The van der Waals surface area contributed by atoms with Crippen LogP contribution in [0.5, 0.6) is 0 Å². The zero-order valence-corrected chi connectivity index (χ0v) is 15.1. The van der Waals surface area contributed by atoms with Crippen LogP contribution in [0.4, 0.5) is 0 Å². The summed E-state index contributed by atoms with van der Waals surface area (Å²) < 4.78 is 11.1. The molecule has 128 valence electrons. The highest BCUT2D eigenvalue weighted by Crippen LogP contribution is 2.44. The average molecular weight is 310 g/mol. The molecule has 0 amide bonds. The fraction of sp³-hybridized carbons (Fsp3) is 0.947. The van der Waals surface area contributed by atoms with Crippen molar-refractivity contribution < 1.29 is 14.3 Å². The summed E-state index contributed by atoms with van der Waals surface area (Å²) in [4.78, 5) is 12.2. The minimum absolute atomic E-state index is 0.0200. The van der Waals surface area contributed by atoms with Crippen LogP contribution in [-0.4, -0.2) is 24.8 Å². The van der Waals surface area contributed by atoms with Crippen LogP contribution >= 0.6 is 0 Å². The van der Waals surface area contributed by atoms with Gasteiger partial charge in [0.1, 0.15) is 0 Å². The maximum atomic E-state index is 12.2. The maximum absolute atomic E-state index is 12.2. The lowest BCUT2D eigenvalue weighted by molar-refractivity contribution is -0.160. The van der Waals surface area contributed by atoms with Gasteiger partial charge in [-0.3, -0.25) is 4.79 Å². The molecule has 0 radical (unpaired) electrons. The van der Waals surface area contributed by atoms with Crippen molar-refractivity contribution in [1.82, 2.24) is 0 Å². The molecule has 1 saturated carbocycles. The van der Waals surface area contributed by atoms with E-state index in [2.05, 4.69) is 13.8 Å². The minimum Gasteiger partial charge on any atom is -0.462 e. The van der Waals surface area contributed by atoms with Crippen LogP contribution in [0.25, 0.3) is 0 Å². The van der Waals surface area contributed by atoms with Crippen LogP contribution in [-0.2, 0) is 14.3 Å². The van der Waals surface area contributed by atoms with Gasteiger partial charge in [-0.25, -0.2) is 0 Å². The normalized spacial score (nSPS) is 33.3. The third-order valence-electron chi connectivity index (χ3n) is 5.84. The first-order valence-electron chi connectivity index (χ1n) is 9.07. The third kappa shape index (κ3) is 4.97. The minimum atomic E-state index is -0.364. The second-order valence-corrected chi connectivity index (χ2v) is 8.60. The quantitative estimate of drug-likeness (QED) is 0.504. The van der Waals surface area contributed by atoms with Gasteiger partial charge in [0.25, 0.3) is 0 Å². The van der Waals surface area contributed by atoms with Crippen molar-refractivity contribution in [3.8, 4) is 0 Å².